The summed E-state index contributed by atoms with van der Waals surface area (Å²) in [5, 5.41) is 25.3. The highest BCUT2D eigenvalue weighted by Gasteiger charge is 2.30. The molecule has 0 fully saturated rings. The molecular weight excluding hydrogens is 482 g/mol. The van der Waals surface area contributed by atoms with E-state index in [1.807, 2.05) is 13.8 Å². The van der Waals surface area contributed by atoms with E-state index in [0.717, 1.165) is 0 Å². The standard InChI is InChI=1S/C21H37N5O8S/c1-11(2)10-12(22)18(30)24-13(4-6-16(23)27)19(31)25-14(8-9-35-3)20(32)26-15(21(33)34)5-7-17(28)29/h11-15H,4-10,22H2,1-3H3,(H2,23,27)(H,24,30)(H,25,31)(H,26,32)(H,28,29)(H,33,34). The molecule has 35 heavy (non-hydrogen) atoms. The second kappa shape index (κ2) is 16.7. The summed E-state index contributed by atoms with van der Waals surface area (Å²) in [6.07, 6.45) is 1.11. The summed E-state index contributed by atoms with van der Waals surface area (Å²) in [5.41, 5.74) is 11.0. The van der Waals surface area contributed by atoms with Crippen LogP contribution in [0.15, 0.2) is 0 Å². The molecule has 4 amide bonds. The SMILES string of the molecule is CSCCC(NC(=O)C(CCC(N)=O)NC(=O)C(N)CC(C)C)C(=O)NC(CCC(=O)O)C(=O)O. The van der Waals surface area contributed by atoms with Gasteiger partial charge in [0.1, 0.15) is 18.1 Å². The molecule has 9 N–H and O–H groups in total. The van der Waals surface area contributed by atoms with Gasteiger partial charge >= 0.3 is 11.9 Å². The van der Waals surface area contributed by atoms with E-state index in [9.17, 15) is 33.9 Å². The van der Waals surface area contributed by atoms with Crippen molar-refractivity contribution in [2.24, 2.45) is 17.4 Å². The Morgan fingerprint density at radius 3 is 1.74 bits per heavy atom. The van der Waals surface area contributed by atoms with Crippen LogP contribution in [0.5, 0.6) is 0 Å². The van der Waals surface area contributed by atoms with Gasteiger partial charge in [-0.25, -0.2) is 4.79 Å². The van der Waals surface area contributed by atoms with Gasteiger partial charge in [0.25, 0.3) is 0 Å². The minimum Gasteiger partial charge on any atom is -0.481 e. The first-order chi connectivity index (χ1) is 16.3. The minimum absolute atomic E-state index is 0.122. The Hall–Kier alpha value is -2.87. The number of thioether (sulfide) groups is 1. The first-order valence-electron chi connectivity index (χ1n) is 11.2. The van der Waals surface area contributed by atoms with Crippen LogP contribution in [0.2, 0.25) is 0 Å². The average molecular weight is 520 g/mol. The number of carboxylic acids is 2. The van der Waals surface area contributed by atoms with E-state index in [4.69, 9.17) is 16.6 Å². The van der Waals surface area contributed by atoms with Gasteiger partial charge in [-0.15, -0.1) is 0 Å². The van der Waals surface area contributed by atoms with Gasteiger partial charge in [0.15, 0.2) is 0 Å². The van der Waals surface area contributed by atoms with Gasteiger partial charge < -0.3 is 37.6 Å². The van der Waals surface area contributed by atoms with Gasteiger partial charge in [0.05, 0.1) is 6.04 Å². The van der Waals surface area contributed by atoms with Gasteiger partial charge in [-0.05, 0) is 43.6 Å². The Morgan fingerprint density at radius 1 is 0.800 bits per heavy atom. The van der Waals surface area contributed by atoms with Crippen LogP contribution in [-0.2, 0) is 28.8 Å². The maximum atomic E-state index is 12.9. The molecule has 0 bridgehead atoms. The van der Waals surface area contributed by atoms with Crippen LogP contribution >= 0.6 is 11.8 Å². The van der Waals surface area contributed by atoms with Crippen molar-refractivity contribution >= 4 is 47.3 Å². The zero-order valence-electron chi connectivity index (χ0n) is 20.2. The molecule has 0 heterocycles. The van der Waals surface area contributed by atoms with Crippen LogP contribution in [0.25, 0.3) is 0 Å². The second-order valence-corrected chi connectivity index (χ2v) is 9.46. The third-order valence-corrected chi connectivity index (χ3v) is 5.52. The molecule has 0 rings (SSSR count). The van der Waals surface area contributed by atoms with E-state index in [0.29, 0.717) is 12.2 Å². The number of nitrogens with one attached hydrogen (secondary N) is 3. The van der Waals surface area contributed by atoms with Crippen molar-refractivity contribution in [2.75, 3.05) is 12.0 Å². The van der Waals surface area contributed by atoms with Gasteiger partial charge in [-0.1, -0.05) is 13.8 Å². The molecule has 0 aliphatic rings. The first-order valence-corrected chi connectivity index (χ1v) is 12.6. The van der Waals surface area contributed by atoms with E-state index < -0.39 is 66.2 Å². The van der Waals surface area contributed by atoms with E-state index in [1.54, 1.807) is 6.26 Å². The number of rotatable bonds is 18. The third kappa shape index (κ3) is 14.2. The fraction of sp³-hybridized carbons (Fsp3) is 0.714. The maximum Gasteiger partial charge on any atom is 0.326 e. The van der Waals surface area contributed by atoms with Gasteiger partial charge in [0, 0.05) is 12.8 Å². The predicted octanol–water partition coefficient (Wildman–Crippen LogP) is -1.22. The molecule has 14 heteroatoms. The summed E-state index contributed by atoms with van der Waals surface area (Å²) in [5.74, 6) is -4.96. The molecule has 0 aromatic carbocycles. The molecule has 0 aliphatic heterocycles. The summed E-state index contributed by atoms with van der Waals surface area (Å²) in [7, 11) is 0. The molecule has 4 unspecified atom stereocenters. The zero-order chi connectivity index (χ0) is 27.1. The average Bonchev–Trinajstić information content (AvgIpc) is 2.75. The number of amides is 4. The molecule has 4 atom stereocenters. The zero-order valence-corrected chi connectivity index (χ0v) is 21.1. The van der Waals surface area contributed by atoms with Gasteiger partial charge in [-0.2, -0.15) is 11.8 Å². The summed E-state index contributed by atoms with van der Waals surface area (Å²) < 4.78 is 0. The van der Waals surface area contributed by atoms with Gasteiger partial charge in [-0.3, -0.25) is 24.0 Å². The molecule has 200 valence electrons. The quantitative estimate of drug-likeness (QED) is 0.114. The van der Waals surface area contributed by atoms with E-state index in [1.165, 1.54) is 11.8 Å². The Morgan fingerprint density at radius 2 is 1.29 bits per heavy atom. The lowest BCUT2D eigenvalue weighted by molar-refractivity contribution is -0.143. The number of hydrogen-bond donors (Lipinski definition) is 7. The summed E-state index contributed by atoms with van der Waals surface area (Å²) in [6.45, 7) is 3.75. The lowest BCUT2D eigenvalue weighted by Gasteiger charge is -2.25. The van der Waals surface area contributed by atoms with Crippen LogP contribution in [0, 0.1) is 5.92 Å². The highest BCUT2D eigenvalue weighted by atomic mass is 32.2. The summed E-state index contributed by atoms with van der Waals surface area (Å²) in [4.78, 5) is 71.6. The second-order valence-electron chi connectivity index (χ2n) is 8.48. The molecule has 0 spiro atoms. The number of nitrogens with two attached hydrogens (primary N) is 2. The van der Waals surface area contributed by atoms with Crippen LogP contribution in [-0.4, -0.2) is 82.0 Å². The van der Waals surface area contributed by atoms with E-state index in [2.05, 4.69) is 16.0 Å². The minimum atomic E-state index is -1.47. The number of carbonyl (C=O) groups is 6. The van der Waals surface area contributed by atoms with Crippen molar-refractivity contribution in [1.29, 1.82) is 0 Å². The van der Waals surface area contributed by atoms with E-state index in [-0.39, 0.29) is 31.6 Å². The molecule has 0 aromatic rings. The monoisotopic (exact) mass is 519 g/mol. The van der Waals surface area contributed by atoms with E-state index >= 15 is 0 Å². The number of carboxylic acid groups (broad SMARTS) is 2. The Balaban J connectivity index is 5.52. The normalized spacial score (nSPS) is 14.3. The van der Waals surface area contributed by atoms with Crippen molar-refractivity contribution in [1.82, 2.24) is 16.0 Å². The fourth-order valence-corrected chi connectivity index (χ4v) is 3.49. The molecule has 0 aliphatic carbocycles. The Bertz CT molecular complexity index is 764. The van der Waals surface area contributed by atoms with Crippen molar-refractivity contribution in [2.45, 2.75) is 76.5 Å². The smallest absolute Gasteiger partial charge is 0.326 e. The largest absolute Gasteiger partial charge is 0.481 e. The molecule has 0 saturated carbocycles. The Labute approximate surface area is 208 Å². The van der Waals surface area contributed by atoms with Crippen LogP contribution in [0.1, 0.15) is 52.4 Å². The lowest BCUT2D eigenvalue weighted by Crippen LogP contribution is -2.57. The number of aliphatic carboxylic acids is 2. The van der Waals surface area contributed by atoms with Crippen LogP contribution in [0.4, 0.5) is 0 Å². The molecule has 0 aromatic heterocycles. The predicted molar refractivity (Wildman–Crippen MR) is 129 cm³/mol. The van der Waals surface area contributed by atoms with Crippen molar-refractivity contribution in [3.05, 3.63) is 0 Å². The van der Waals surface area contributed by atoms with Gasteiger partial charge in [0.2, 0.25) is 23.6 Å². The fourth-order valence-electron chi connectivity index (χ4n) is 3.02. The van der Waals surface area contributed by atoms with Crippen LogP contribution < -0.4 is 27.4 Å². The maximum absolute atomic E-state index is 12.9. The third-order valence-electron chi connectivity index (χ3n) is 4.88. The number of hydrogen-bond acceptors (Lipinski definition) is 8. The highest BCUT2D eigenvalue weighted by Crippen LogP contribution is 2.08. The molecule has 0 radical (unpaired) electrons. The topological polar surface area (TPSA) is 231 Å². The van der Waals surface area contributed by atoms with Crippen molar-refractivity contribution < 1.29 is 39.0 Å². The number of primary amides is 1. The first kappa shape index (κ1) is 32.1. The summed E-state index contributed by atoms with van der Waals surface area (Å²) in [6, 6.07) is -4.73. The molecule has 0 saturated heterocycles. The summed E-state index contributed by atoms with van der Waals surface area (Å²) >= 11 is 1.38. The number of carbonyl (C=O) groups excluding carboxylic acids is 4. The highest BCUT2D eigenvalue weighted by molar-refractivity contribution is 7.98. The van der Waals surface area contributed by atoms with Crippen molar-refractivity contribution in [3.63, 3.8) is 0 Å². The Kier molecular flexibility index (Phi) is 15.3. The van der Waals surface area contributed by atoms with Crippen LogP contribution in [0.3, 0.4) is 0 Å². The molecule has 13 nitrogen and oxygen atoms in total. The lowest BCUT2D eigenvalue weighted by atomic mass is 10.0. The van der Waals surface area contributed by atoms with Crippen molar-refractivity contribution in [3.8, 4) is 0 Å². The molecular formula is C21H37N5O8S.